The maximum atomic E-state index is 11.5. The molecule has 1 amide bonds. The molecule has 1 aromatic heterocycles. The van der Waals surface area contributed by atoms with Crippen LogP contribution in [0.1, 0.15) is 18.4 Å². The minimum Gasteiger partial charge on any atom is -0.274 e. The number of amides is 1. The van der Waals surface area contributed by atoms with E-state index in [0.717, 1.165) is 5.70 Å². The minimum atomic E-state index is -0.0115. The lowest BCUT2D eigenvalue weighted by Gasteiger charge is -2.15. The minimum absolute atomic E-state index is 0.0115. The van der Waals surface area contributed by atoms with Crippen LogP contribution in [-0.4, -0.2) is 10.9 Å². The number of aromatic nitrogens is 1. The van der Waals surface area contributed by atoms with E-state index in [0.29, 0.717) is 24.2 Å². The van der Waals surface area contributed by atoms with Crippen LogP contribution in [0.2, 0.25) is 0 Å². The number of carbonyl (C=O) groups is 1. The van der Waals surface area contributed by atoms with Crippen molar-refractivity contribution in [2.75, 3.05) is 4.90 Å². The number of pyridine rings is 1. The van der Waals surface area contributed by atoms with Gasteiger partial charge in [0.25, 0.3) is 0 Å². The molecule has 0 radical (unpaired) electrons. The van der Waals surface area contributed by atoms with E-state index in [-0.39, 0.29) is 5.91 Å². The lowest BCUT2D eigenvalue weighted by molar-refractivity contribution is -0.116. The van der Waals surface area contributed by atoms with E-state index in [1.807, 2.05) is 6.07 Å². The van der Waals surface area contributed by atoms with Gasteiger partial charge in [-0.1, -0.05) is 6.58 Å². The van der Waals surface area contributed by atoms with Crippen molar-refractivity contribution in [3.05, 3.63) is 36.2 Å². The van der Waals surface area contributed by atoms with Gasteiger partial charge in [0.15, 0.2) is 0 Å². The zero-order valence-electron chi connectivity index (χ0n) is 8.10. The predicted molar refractivity (Wildman–Crippen MR) is 54.8 cm³/mol. The Kier molecular flexibility index (Phi) is 2.22. The van der Waals surface area contributed by atoms with Crippen LogP contribution in [-0.2, 0) is 4.79 Å². The highest BCUT2D eigenvalue weighted by molar-refractivity contribution is 5.98. The van der Waals surface area contributed by atoms with Crippen molar-refractivity contribution < 1.29 is 4.79 Å². The number of nitrogens with zero attached hydrogens (tertiary/aromatic N) is 3. The van der Waals surface area contributed by atoms with Crippen LogP contribution in [0.3, 0.4) is 0 Å². The topological polar surface area (TPSA) is 57.0 Å². The van der Waals surface area contributed by atoms with Gasteiger partial charge in [0.1, 0.15) is 5.82 Å². The van der Waals surface area contributed by atoms with E-state index >= 15 is 0 Å². The molecule has 2 rings (SSSR count). The Morgan fingerprint density at radius 2 is 2.33 bits per heavy atom. The molecule has 1 fully saturated rings. The molecule has 4 nitrogen and oxygen atoms in total. The van der Waals surface area contributed by atoms with Crippen molar-refractivity contribution in [1.29, 1.82) is 5.26 Å². The maximum absolute atomic E-state index is 11.5. The summed E-state index contributed by atoms with van der Waals surface area (Å²) in [6.45, 7) is 3.80. The molecule has 0 unspecified atom stereocenters. The average Bonchev–Trinajstić information content (AvgIpc) is 2.59. The third-order valence-corrected chi connectivity index (χ3v) is 2.30. The zero-order chi connectivity index (χ0) is 10.8. The molecule has 2 heterocycles. The summed E-state index contributed by atoms with van der Waals surface area (Å²) in [6, 6.07) is 5.21. The van der Waals surface area contributed by atoms with Crippen LogP contribution in [0.25, 0.3) is 0 Å². The molecule has 1 aliphatic heterocycles. The number of nitriles is 1. The second-order valence-corrected chi connectivity index (χ2v) is 3.31. The first kappa shape index (κ1) is 9.41. The molecular weight excluding hydrogens is 190 g/mol. The Morgan fingerprint density at radius 1 is 1.53 bits per heavy atom. The highest BCUT2D eigenvalue weighted by Crippen LogP contribution is 2.26. The Labute approximate surface area is 87.5 Å². The first-order valence-corrected chi connectivity index (χ1v) is 4.59. The summed E-state index contributed by atoms with van der Waals surface area (Å²) in [4.78, 5) is 17.1. The summed E-state index contributed by atoms with van der Waals surface area (Å²) < 4.78 is 0. The zero-order valence-corrected chi connectivity index (χ0v) is 8.10. The van der Waals surface area contributed by atoms with Crippen molar-refractivity contribution in [2.24, 2.45) is 0 Å². The highest BCUT2D eigenvalue weighted by atomic mass is 16.2. The molecule has 0 atom stereocenters. The van der Waals surface area contributed by atoms with Gasteiger partial charge in [-0.25, -0.2) is 4.98 Å². The summed E-state index contributed by atoms with van der Waals surface area (Å²) in [5, 5.41) is 8.73. The van der Waals surface area contributed by atoms with Gasteiger partial charge in [0, 0.05) is 18.3 Å². The smallest absolute Gasteiger partial charge is 0.232 e. The van der Waals surface area contributed by atoms with Crippen molar-refractivity contribution in [3.8, 4) is 6.07 Å². The Hall–Kier alpha value is -2.15. The Morgan fingerprint density at radius 3 is 2.93 bits per heavy atom. The number of anilines is 1. The van der Waals surface area contributed by atoms with E-state index in [2.05, 4.69) is 11.6 Å². The van der Waals surface area contributed by atoms with E-state index in [1.165, 1.54) is 11.1 Å². The molecule has 4 heteroatoms. The quantitative estimate of drug-likeness (QED) is 0.690. The van der Waals surface area contributed by atoms with E-state index in [1.54, 1.807) is 12.1 Å². The molecule has 1 saturated heterocycles. The third kappa shape index (κ3) is 1.59. The largest absolute Gasteiger partial charge is 0.274 e. The molecule has 0 spiro atoms. The van der Waals surface area contributed by atoms with Gasteiger partial charge in [-0.05, 0) is 18.6 Å². The Balaban J connectivity index is 2.41. The van der Waals surface area contributed by atoms with Crippen LogP contribution in [0.4, 0.5) is 5.82 Å². The van der Waals surface area contributed by atoms with Crippen molar-refractivity contribution in [1.82, 2.24) is 4.98 Å². The van der Waals surface area contributed by atoms with Crippen LogP contribution < -0.4 is 4.90 Å². The Bertz CT molecular complexity index is 457. The monoisotopic (exact) mass is 199 g/mol. The van der Waals surface area contributed by atoms with Crippen molar-refractivity contribution >= 4 is 11.7 Å². The number of allylic oxidation sites excluding steroid dienone is 1. The first-order chi connectivity index (χ1) is 7.22. The van der Waals surface area contributed by atoms with Gasteiger partial charge in [-0.3, -0.25) is 9.69 Å². The van der Waals surface area contributed by atoms with E-state index in [4.69, 9.17) is 5.26 Å². The second-order valence-electron chi connectivity index (χ2n) is 3.31. The normalized spacial score (nSPS) is 15.5. The number of hydrogen-bond acceptors (Lipinski definition) is 3. The van der Waals surface area contributed by atoms with Gasteiger partial charge in [0.2, 0.25) is 5.91 Å². The number of carbonyl (C=O) groups excluding carboxylic acids is 1. The van der Waals surface area contributed by atoms with Crippen LogP contribution in [0.15, 0.2) is 30.6 Å². The van der Waals surface area contributed by atoms with Gasteiger partial charge in [-0.15, -0.1) is 0 Å². The molecule has 0 saturated carbocycles. The fraction of sp³-hybridized carbons (Fsp3) is 0.182. The fourth-order valence-electron chi connectivity index (χ4n) is 1.55. The molecule has 1 aliphatic rings. The van der Waals surface area contributed by atoms with Crippen molar-refractivity contribution in [2.45, 2.75) is 12.8 Å². The van der Waals surface area contributed by atoms with E-state index < -0.39 is 0 Å². The van der Waals surface area contributed by atoms with Gasteiger partial charge < -0.3 is 0 Å². The lowest BCUT2D eigenvalue weighted by Crippen LogP contribution is -2.22. The summed E-state index contributed by atoms with van der Waals surface area (Å²) in [7, 11) is 0. The van der Waals surface area contributed by atoms with Crippen LogP contribution in [0.5, 0.6) is 0 Å². The molecule has 0 bridgehead atoms. The standard InChI is InChI=1S/C11H9N3O/c1-8-2-3-11(15)14(8)10-6-9(7-12)4-5-13-10/h4-6H,1-3H2. The van der Waals surface area contributed by atoms with Gasteiger partial charge in [-0.2, -0.15) is 5.26 Å². The summed E-state index contributed by atoms with van der Waals surface area (Å²) >= 11 is 0. The molecule has 0 aliphatic carbocycles. The van der Waals surface area contributed by atoms with Crippen LogP contribution in [0, 0.1) is 11.3 Å². The predicted octanol–water partition coefficient (Wildman–Crippen LogP) is 1.59. The summed E-state index contributed by atoms with van der Waals surface area (Å²) in [5.41, 5.74) is 1.23. The number of hydrogen-bond donors (Lipinski definition) is 0. The first-order valence-electron chi connectivity index (χ1n) is 4.59. The van der Waals surface area contributed by atoms with Gasteiger partial charge in [0.05, 0.1) is 11.6 Å². The van der Waals surface area contributed by atoms with E-state index in [9.17, 15) is 4.79 Å². The summed E-state index contributed by atoms with van der Waals surface area (Å²) in [6.07, 6.45) is 2.65. The third-order valence-electron chi connectivity index (χ3n) is 2.30. The SMILES string of the molecule is C=C1CCC(=O)N1c1cc(C#N)ccn1. The second kappa shape index (κ2) is 3.54. The molecule has 0 aromatic carbocycles. The molecule has 15 heavy (non-hydrogen) atoms. The molecule has 1 aromatic rings. The molecule has 0 N–H and O–H groups in total. The average molecular weight is 199 g/mol. The molecule has 74 valence electrons. The van der Waals surface area contributed by atoms with Gasteiger partial charge >= 0.3 is 0 Å². The van der Waals surface area contributed by atoms with Crippen molar-refractivity contribution in [3.63, 3.8) is 0 Å². The highest BCUT2D eigenvalue weighted by Gasteiger charge is 2.26. The lowest BCUT2D eigenvalue weighted by atomic mass is 10.3. The number of rotatable bonds is 1. The molecular formula is C11H9N3O. The fourth-order valence-corrected chi connectivity index (χ4v) is 1.55. The van der Waals surface area contributed by atoms with Crippen LogP contribution >= 0.6 is 0 Å². The summed E-state index contributed by atoms with van der Waals surface area (Å²) in [5.74, 6) is 0.476. The maximum Gasteiger partial charge on any atom is 0.232 e.